The maximum absolute atomic E-state index is 12.3. The normalized spacial score (nSPS) is 23.6. The van der Waals surface area contributed by atoms with Crippen LogP contribution in [-0.2, 0) is 11.3 Å². The zero-order valence-electron chi connectivity index (χ0n) is 14.5. The molecule has 1 amide bonds. The van der Waals surface area contributed by atoms with Gasteiger partial charge in [-0.2, -0.15) is 0 Å². The summed E-state index contributed by atoms with van der Waals surface area (Å²) in [6.07, 6.45) is 12.5. The van der Waals surface area contributed by atoms with E-state index in [1.54, 1.807) is 18.7 Å². The van der Waals surface area contributed by atoms with Crippen molar-refractivity contribution in [2.75, 3.05) is 0 Å². The molecule has 6 nitrogen and oxygen atoms in total. The van der Waals surface area contributed by atoms with Crippen LogP contribution in [0.5, 0.6) is 0 Å². The molecule has 2 N–H and O–H groups in total. The third kappa shape index (κ3) is 4.75. The highest BCUT2D eigenvalue weighted by Gasteiger charge is 2.34. The highest BCUT2D eigenvalue weighted by atomic mass is 35.5. The molecular formula is C18H25Cl2N5O. The van der Waals surface area contributed by atoms with E-state index in [2.05, 4.69) is 20.6 Å². The summed E-state index contributed by atoms with van der Waals surface area (Å²) >= 11 is 0. The van der Waals surface area contributed by atoms with Crippen LogP contribution in [0.3, 0.4) is 0 Å². The van der Waals surface area contributed by atoms with Crippen LogP contribution < -0.4 is 10.6 Å². The quantitative estimate of drug-likeness (QED) is 0.813. The number of carbonyl (C=O) groups is 1. The topological polar surface area (TPSA) is 71.8 Å². The van der Waals surface area contributed by atoms with Gasteiger partial charge in [-0.1, -0.05) is 6.07 Å². The van der Waals surface area contributed by atoms with Crippen molar-refractivity contribution in [2.45, 2.75) is 50.7 Å². The first kappa shape index (κ1) is 20.7. The van der Waals surface area contributed by atoms with Crippen LogP contribution in [0.4, 0.5) is 0 Å². The fourth-order valence-corrected chi connectivity index (χ4v) is 4.06. The van der Waals surface area contributed by atoms with Crippen molar-refractivity contribution in [3.63, 3.8) is 0 Å². The summed E-state index contributed by atoms with van der Waals surface area (Å²) in [5.74, 6) is 1.47. The molecule has 2 aliphatic heterocycles. The smallest absolute Gasteiger partial charge is 0.220 e. The lowest BCUT2D eigenvalue weighted by Gasteiger charge is -2.28. The number of hydrogen-bond donors (Lipinski definition) is 2. The molecule has 0 aromatic carbocycles. The van der Waals surface area contributed by atoms with Crippen molar-refractivity contribution in [3.8, 4) is 5.82 Å². The number of piperidine rings is 1. The molecule has 4 heterocycles. The van der Waals surface area contributed by atoms with Crippen molar-refractivity contribution in [1.82, 2.24) is 25.2 Å². The van der Waals surface area contributed by atoms with E-state index in [1.807, 2.05) is 22.9 Å². The molecule has 2 aromatic heterocycles. The molecule has 2 bridgehead atoms. The third-order valence-corrected chi connectivity index (χ3v) is 5.14. The molecule has 2 aliphatic rings. The molecule has 142 valence electrons. The van der Waals surface area contributed by atoms with Gasteiger partial charge in [0.05, 0.1) is 0 Å². The van der Waals surface area contributed by atoms with Crippen molar-refractivity contribution < 1.29 is 4.79 Å². The second-order valence-electron chi connectivity index (χ2n) is 6.91. The molecule has 2 aromatic rings. The summed E-state index contributed by atoms with van der Waals surface area (Å²) < 4.78 is 1.87. The summed E-state index contributed by atoms with van der Waals surface area (Å²) in [5.41, 5.74) is 0.995. The maximum Gasteiger partial charge on any atom is 0.220 e. The molecule has 2 unspecified atom stereocenters. The van der Waals surface area contributed by atoms with E-state index in [0.29, 0.717) is 31.0 Å². The average molecular weight is 398 g/mol. The monoisotopic (exact) mass is 397 g/mol. The molecule has 0 saturated carbocycles. The van der Waals surface area contributed by atoms with Gasteiger partial charge in [0.1, 0.15) is 12.1 Å². The zero-order chi connectivity index (χ0) is 16.4. The Hall–Kier alpha value is -1.63. The van der Waals surface area contributed by atoms with Crippen LogP contribution in [0.25, 0.3) is 5.82 Å². The van der Waals surface area contributed by atoms with E-state index in [9.17, 15) is 4.79 Å². The van der Waals surface area contributed by atoms with Crippen molar-refractivity contribution in [1.29, 1.82) is 0 Å². The number of imidazole rings is 1. The van der Waals surface area contributed by atoms with Gasteiger partial charge in [-0.15, -0.1) is 24.8 Å². The van der Waals surface area contributed by atoms with Crippen molar-refractivity contribution in [2.24, 2.45) is 5.92 Å². The highest BCUT2D eigenvalue weighted by Crippen LogP contribution is 2.32. The third-order valence-electron chi connectivity index (χ3n) is 5.14. The number of nitrogens with zero attached hydrogens (tertiary/aromatic N) is 3. The Morgan fingerprint density at radius 3 is 2.69 bits per heavy atom. The van der Waals surface area contributed by atoms with Crippen molar-refractivity contribution in [3.05, 3.63) is 42.6 Å². The van der Waals surface area contributed by atoms with Gasteiger partial charge in [0.2, 0.25) is 5.91 Å². The highest BCUT2D eigenvalue weighted by molar-refractivity contribution is 5.85. The van der Waals surface area contributed by atoms with Crippen LogP contribution >= 0.6 is 24.8 Å². The predicted octanol–water partition coefficient (Wildman–Crippen LogP) is 2.65. The van der Waals surface area contributed by atoms with E-state index in [-0.39, 0.29) is 30.7 Å². The van der Waals surface area contributed by atoms with Gasteiger partial charge >= 0.3 is 0 Å². The minimum atomic E-state index is 0. The first-order valence-corrected chi connectivity index (χ1v) is 8.73. The minimum absolute atomic E-state index is 0. The van der Waals surface area contributed by atoms with Gasteiger partial charge in [0, 0.05) is 49.2 Å². The van der Waals surface area contributed by atoms with Crippen LogP contribution in [0.1, 0.15) is 37.7 Å². The van der Waals surface area contributed by atoms with Gasteiger partial charge in [-0.3, -0.25) is 9.36 Å². The first-order valence-electron chi connectivity index (χ1n) is 8.73. The minimum Gasteiger partial charge on any atom is -0.352 e. The Kier molecular flexibility index (Phi) is 7.43. The second-order valence-corrected chi connectivity index (χ2v) is 6.91. The molecule has 4 rings (SSSR count). The molecular weight excluding hydrogens is 373 g/mol. The predicted molar refractivity (Wildman–Crippen MR) is 105 cm³/mol. The van der Waals surface area contributed by atoms with E-state index in [1.165, 1.54) is 12.8 Å². The fraction of sp³-hybridized carbons (Fsp3) is 0.500. The summed E-state index contributed by atoms with van der Waals surface area (Å²) in [7, 11) is 0. The van der Waals surface area contributed by atoms with Crippen LogP contribution in [-0.4, -0.2) is 32.5 Å². The molecule has 8 heteroatoms. The van der Waals surface area contributed by atoms with Crippen molar-refractivity contribution >= 4 is 30.7 Å². The van der Waals surface area contributed by atoms with Gasteiger partial charge in [-0.25, -0.2) is 9.97 Å². The number of aromatic nitrogens is 3. The van der Waals surface area contributed by atoms with Gasteiger partial charge in [0.25, 0.3) is 0 Å². The van der Waals surface area contributed by atoms with Crippen LogP contribution in [0.2, 0.25) is 0 Å². The van der Waals surface area contributed by atoms with E-state index < -0.39 is 0 Å². The maximum atomic E-state index is 12.3. The summed E-state index contributed by atoms with van der Waals surface area (Å²) in [5, 5.41) is 6.69. The van der Waals surface area contributed by atoms with Gasteiger partial charge < -0.3 is 10.6 Å². The molecule has 26 heavy (non-hydrogen) atoms. The number of nitrogens with one attached hydrogen (secondary N) is 2. The molecule has 2 atom stereocenters. The van der Waals surface area contributed by atoms with Crippen LogP contribution in [0, 0.1) is 5.92 Å². The van der Waals surface area contributed by atoms with Gasteiger partial charge in [-0.05, 0) is 37.7 Å². The Balaban J connectivity index is 0.00000121. The largest absolute Gasteiger partial charge is 0.352 e. The lowest BCUT2D eigenvalue weighted by molar-refractivity contribution is -0.122. The number of amides is 1. The molecule has 0 aliphatic carbocycles. The standard InChI is InChI=1S/C18H23N5O.2ClH/c24-17(10-13-8-15-3-4-16(9-13)22-15)21-11-14-2-1-5-20-18(14)23-7-6-19-12-23;;/h1-2,5-7,12-13,15-16,22H,3-4,8-11H2,(H,21,24);2*1H. The Morgan fingerprint density at radius 1 is 1.23 bits per heavy atom. The summed E-state index contributed by atoms with van der Waals surface area (Å²) in [4.78, 5) is 20.8. The zero-order valence-corrected chi connectivity index (χ0v) is 16.1. The molecule has 0 radical (unpaired) electrons. The Labute approximate surface area is 166 Å². The second kappa shape index (κ2) is 9.35. The van der Waals surface area contributed by atoms with Gasteiger partial charge in [0.15, 0.2) is 0 Å². The van der Waals surface area contributed by atoms with Crippen LogP contribution in [0.15, 0.2) is 37.1 Å². The molecule has 2 saturated heterocycles. The Bertz CT molecular complexity index is 697. The lowest BCUT2D eigenvalue weighted by Crippen LogP contribution is -2.39. The lowest BCUT2D eigenvalue weighted by atomic mass is 9.89. The van der Waals surface area contributed by atoms with E-state index in [4.69, 9.17) is 0 Å². The first-order chi connectivity index (χ1) is 11.8. The number of carbonyl (C=O) groups excluding carboxylic acids is 1. The number of rotatable bonds is 5. The number of halogens is 2. The summed E-state index contributed by atoms with van der Waals surface area (Å²) in [6.45, 7) is 0.498. The fourth-order valence-electron chi connectivity index (χ4n) is 4.06. The molecule has 0 spiro atoms. The number of pyridine rings is 1. The Morgan fingerprint density at radius 2 is 2.00 bits per heavy atom. The SMILES string of the molecule is Cl.Cl.O=C(CC1CC2CCC(C1)N2)NCc1cccnc1-n1ccnc1. The summed E-state index contributed by atoms with van der Waals surface area (Å²) in [6, 6.07) is 5.15. The number of fused-ring (bicyclic) bond motifs is 2. The van der Waals surface area contributed by atoms with E-state index in [0.717, 1.165) is 24.2 Å². The number of hydrogen-bond acceptors (Lipinski definition) is 4. The van der Waals surface area contributed by atoms with E-state index >= 15 is 0 Å². The average Bonchev–Trinajstić information content (AvgIpc) is 3.23. The molecule has 2 fully saturated rings.